The average Bonchev–Trinajstić information content (AvgIpc) is 2.82. The van der Waals surface area contributed by atoms with Crippen LogP contribution in [0.25, 0.3) is 0 Å². The Morgan fingerprint density at radius 1 is 1.00 bits per heavy atom. The first-order valence-corrected chi connectivity index (χ1v) is 12.3. The lowest BCUT2D eigenvalue weighted by molar-refractivity contribution is -0.121. The lowest BCUT2D eigenvalue weighted by Gasteiger charge is -2.32. The number of rotatable bonds is 5. The van der Waals surface area contributed by atoms with Gasteiger partial charge in [0, 0.05) is 39.2 Å². The fourth-order valence-corrected chi connectivity index (χ4v) is 5.05. The number of carbonyl (C=O) groups excluding carboxylic acids is 2. The van der Waals surface area contributed by atoms with Gasteiger partial charge in [0.25, 0.3) is 5.91 Å². The van der Waals surface area contributed by atoms with Crippen molar-refractivity contribution in [2.24, 2.45) is 5.92 Å². The molecule has 1 fully saturated rings. The van der Waals surface area contributed by atoms with Gasteiger partial charge in [-0.25, -0.2) is 0 Å². The Hall–Kier alpha value is -2.76. The number of piperidine rings is 1. The second-order valence-corrected chi connectivity index (χ2v) is 10.0. The van der Waals surface area contributed by atoms with Gasteiger partial charge in [-0.05, 0) is 86.8 Å². The fourth-order valence-electron chi connectivity index (χ4n) is 4.04. The normalized spacial score (nSPS) is 15.8. The van der Waals surface area contributed by atoms with E-state index in [1.165, 1.54) is 16.0 Å². The van der Waals surface area contributed by atoms with Crippen molar-refractivity contribution < 1.29 is 9.59 Å². The van der Waals surface area contributed by atoms with E-state index in [0.717, 1.165) is 23.4 Å². The van der Waals surface area contributed by atoms with Gasteiger partial charge in [-0.3, -0.25) is 9.59 Å². The van der Waals surface area contributed by atoms with E-state index in [4.69, 9.17) is 11.6 Å². The molecule has 0 aromatic heterocycles. The predicted molar refractivity (Wildman–Crippen MR) is 135 cm³/mol. The summed E-state index contributed by atoms with van der Waals surface area (Å²) in [6.07, 6.45) is 1.58. The van der Waals surface area contributed by atoms with Crippen LogP contribution in [0.2, 0.25) is 5.02 Å². The maximum absolute atomic E-state index is 12.9. The Bertz CT molecular complexity index is 1150. The lowest BCUT2D eigenvalue weighted by Crippen LogP contribution is -2.43. The molecule has 0 bridgehead atoms. The van der Waals surface area contributed by atoms with Gasteiger partial charge >= 0.3 is 0 Å². The van der Waals surface area contributed by atoms with Crippen LogP contribution in [0.1, 0.15) is 34.3 Å². The molecule has 2 amide bonds. The Balaban J connectivity index is 1.35. The number of amides is 2. The van der Waals surface area contributed by atoms with Gasteiger partial charge < -0.3 is 10.2 Å². The summed E-state index contributed by atoms with van der Waals surface area (Å²) in [5.74, 6) is -0.324. The quantitative estimate of drug-likeness (QED) is 0.449. The molecule has 0 spiro atoms. The van der Waals surface area contributed by atoms with Crippen LogP contribution < -0.4 is 5.32 Å². The predicted octanol–water partition coefficient (Wildman–Crippen LogP) is 6.60. The molecule has 3 aromatic carbocycles. The number of nitrogens with zero attached hydrogens (tertiary/aromatic N) is 1. The molecule has 3 aromatic rings. The van der Waals surface area contributed by atoms with E-state index < -0.39 is 0 Å². The summed E-state index contributed by atoms with van der Waals surface area (Å²) in [5, 5.41) is 3.62. The third-order valence-electron chi connectivity index (χ3n) is 5.85. The van der Waals surface area contributed by atoms with Gasteiger partial charge in [0.05, 0.1) is 5.92 Å². The zero-order chi connectivity index (χ0) is 23.4. The number of benzene rings is 3. The molecular weight excluding hydrogens is 452 g/mol. The Morgan fingerprint density at radius 2 is 1.73 bits per heavy atom. The van der Waals surface area contributed by atoms with Crippen molar-refractivity contribution in [2.75, 3.05) is 18.4 Å². The molecule has 4 rings (SSSR count). The molecule has 0 radical (unpaired) electrons. The molecule has 1 aliphatic rings. The molecule has 1 saturated heterocycles. The van der Waals surface area contributed by atoms with E-state index in [0.29, 0.717) is 23.7 Å². The molecule has 1 N–H and O–H groups in total. The van der Waals surface area contributed by atoms with Crippen LogP contribution in [0.5, 0.6) is 0 Å². The van der Waals surface area contributed by atoms with E-state index in [1.54, 1.807) is 40.9 Å². The van der Waals surface area contributed by atoms with Crippen LogP contribution in [0, 0.1) is 19.8 Å². The molecule has 1 unspecified atom stereocenters. The van der Waals surface area contributed by atoms with E-state index in [2.05, 4.69) is 37.4 Å². The summed E-state index contributed by atoms with van der Waals surface area (Å²) >= 11 is 7.64. The highest BCUT2D eigenvalue weighted by molar-refractivity contribution is 7.99. The second-order valence-electron chi connectivity index (χ2n) is 8.48. The molecule has 6 heteroatoms. The maximum Gasteiger partial charge on any atom is 0.253 e. The number of nitrogens with one attached hydrogen (secondary N) is 1. The van der Waals surface area contributed by atoms with Gasteiger partial charge in [-0.1, -0.05) is 41.1 Å². The van der Waals surface area contributed by atoms with E-state index in [-0.39, 0.29) is 17.7 Å². The summed E-state index contributed by atoms with van der Waals surface area (Å²) in [7, 11) is 0. The first kappa shape index (κ1) is 23.4. The van der Waals surface area contributed by atoms with Crippen LogP contribution in [0.15, 0.2) is 76.5 Å². The highest BCUT2D eigenvalue weighted by atomic mass is 35.5. The summed E-state index contributed by atoms with van der Waals surface area (Å²) < 4.78 is 0. The van der Waals surface area contributed by atoms with Gasteiger partial charge in [-0.2, -0.15) is 0 Å². The van der Waals surface area contributed by atoms with Crippen molar-refractivity contribution in [3.63, 3.8) is 0 Å². The summed E-state index contributed by atoms with van der Waals surface area (Å²) in [6, 6.07) is 21.2. The fraction of sp³-hybridized carbons (Fsp3) is 0.259. The Morgan fingerprint density at radius 3 is 2.42 bits per heavy atom. The number of anilines is 1. The van der Waals surface area contributed by atoms with Crippen LogP contribution in [0.4, 0.5) is 5.69 Å². The van der Waals surface area contributed by atoms with E-state index >= 15 is 0 Å². The first-order valence-electron chi connectivity index (χ1n) is 11.1. The van der Waals surface area contributed by atoms with Crippen molar-refractivity contribution >= 4 is 40.9 Å². The monoisotopic (exact) mass is 478 g/mol. The molecule has 1 heterocycles. The molecule has 1 aliphatic heterocycles. The summed E-state index contributed by atoms with van der Waals surface area (Å²) in [6.45, 7) is 5.30. The number of aryl methyl sites for hydroxylation is 2. The summed E-state index contributed by atoms with van der Waals surface area (Å²) in [4.78, 5) is 29.8. The van der Waals surface area contributed by atoms with Crippen LogP contribution in [-0.4, -0.2) is 29.8 Å². The minimum atomic E-state index is -0.223. The van der Waals surface area contributed by atoms with Crippen molar-refractivity contribution in [2.45, 2.75) is 36.5 Å². The highest BCUT2D eigenvalue weighted by Gasteiger charge is 2.29. The van der Waals surface area contributed by atoms with Crippen LogP contribution >= 0.6 is 23.4 Å². The third-order valence-corrected chi connectivity index (χ3v) is 7.29. The second kappa shape index (κ2) is 10.4. The first-order chi connectivity index (χ1) is 15.9. The minimum Gasteiger partial charge on any atom is -0.338 e. The molecule has 0 saturated carbocycles. The highest BCUT2D eigenvalue weighted by Crippen LogP contribution is 2.31. The number of carbonyl (C=O) groups is 2. The third kappa shape index (κ3) is 5.98. The minimum absolute atomic E-state index is 0.0432. The standard InChI is InChI=1S/C27H27ClN2O2S/c1-18-5-14-25(19(2)16-18)33-24-12-10-23(11-13-24)29-26(31)21-4-3-15-30(17-21)27(32)20-6-8-22(28)9-7-20/h5-14,16,21H,3-4,15,17H2,1-2H3,(H,29,31). The van der Waals surface area contributed by atoms with Crippen molar-refractivity contribution in [3.8, 4) is 0 Å². The Kier molecular flexibility index (Phi) is 7.41. The smallest absolute Gasteiger partial charge is 0.253 e. The topological polar surface area (TPSA) is 49.4 Å². The number of halogens is 1. The molecule has 33 heavy (non-hydrogen) atoms. The number of likely N-dealkylation sites (tertiary alicyclic amines) is 1. The zero-order valence-corrected chi connectivity index (χ0v) is 20.4. The van der Waals surface area contributed by atoms with Crippen molar-refractivity contribution in [1.29, 1.82) is 0 Å². The van der Waals surface area contributed by atoms with Gasteiger partial charge in [0.15, 0.2) is 0 Å². The van der Waals surface area contributed by atoms with Crippen LogP contribution in [0.3, 0.4) is 0 Å². The molecule has 4 nitrogen and oxygen atoms in total. The molecule has 1 atom stereocenters. The maximum atomic E-state index is 12.9. The molecular formula is C27H27ClN2O2S. The van der Waals surface area contributed by atoms with Gasteiger partial charge in [0.2, 0.25) is 5.91 Å². The van der Waals surface area contributed by atoms with Gasteiger partial charge in [0.1, 0.15) is 0 Å². The van der Waals surface area contributed by atoms with Crippen LogP contribution in [-0.2, 0) is 4.79 Å². The number of hydrogen-bond acceptors (Lipinski definition) is 3. The zero-order valence-electron chi connectivity index (χ0n) is 18.8. The molecule has 170 valence electrons. The van der Waals surface area contributed by atoms with E-state index in [9.17, 15) is 9.59 Å². The lowest BCUT2D eigenvalue weighted by atomic mass is 9.96. The largest absolute Gasteiger partial charge is 0.338 e. The van der Waals surface area contributed by atoms with Gasteiger partial charge in [-0.15, -0.1) is 0 Å². The molecule has 0 aliphatic carbocycles. The number of hydrogen-bond donors (Lipinski definition) is 1. The summed E-state index contributed by atoms with van der Waals surface area (Å²) in [5.41, 5.74) is 3.88. The SMILES string of the molecule is Cc1ccc(Sc2ccc(NC(=O)C3CCCN(C(=O)c4ccc(Cl)cc4)C3)cc2)c(C)c1. The van der Waals surface area contributed by atoms with Crippen molar-refractivity contribution in [3.05, 3.63) is 88.4 Å². The average molecular weight is 479 g/mol. The van der Waals surface area contributed by atoms with E-state index in [1.807, 2.05) is 24.3 Å². The van der Waals surface area contributed by atoms with Crippen molar-refractivity contribution in [1.82, 2.24) is 4.90 Å². The Labute approximate surface area is 204 Å².